The van der Waals surface area contributed by atoms with Crippen LogP contribution in [0.2, 0.25) is 0 Å². The van der Waals surface area contributed by atoms with Crippen LogP contribution in [0.4, 0.5) is 0 Å². The molecular weight excluding hydrogens is 326 g/mol. The number of terminal acetylenes is 1. The standard InChI is InChI=1S/C21H21N3O2/c1-3-13-8-9-17(18(25)10-13)19(22)15-6-4-5-7-16(15)20(23)24-14-11-21(2,26)12-14/h1,4-10,14,22,25-26H,11-12H2,2H3,(H2,23,24)/t14-,21+. The second-order valence-corrected chi connectivity index (χ2v) is 6.92. The van der Waals surface area contributed by atoms with E-state index in [-0.39, 0.29) is 23.3 Å². The zero-order valence-electron chi connectivity index (χ0n) is 14.5. The number of rotatable bonds is 4. The molecule has 2 aromatic rings. The number of nitrogens with one attached hydrogen (secondary N) is 3. The molecule has 0 amide bonds. The first-order valence-electron chi connectivity index (χ1n) is 8.36. The molecule has 2 aromatic carbocycles. The van der Waals surface area contributed by atoms with Gasteiger partial charge in [0.2, 0.25) is 0 Å². The lowest BCUT2D eigenvalue weighted by molar-refractivity contribution is -0.0339. The summed E-state index contributed by atoms with van der Waals surface area (Å²) in [6, 6.07) is 11.9. The van der Waals surface area contributed by atoms with Crippen molar-refractivity contribution in [3.63, 3.8) is 0 Å². The van der Waals surface area contributed by atoms with Gasteiger partial charge in [0.05, 0.1) is 11.3 Å². The Morgan fingerprint density at radius 1 is 1.15 bits per heavy atom. The van der Waals surface area contributed by atoms with Crippen molar-refractivity contribution >= 4 is 11.5 Å². The van der Waals surface area contributed by atoms with E-state index < -0.39 is 5.60 Å². The van der Waals surface area contributed by atoms with Gasteiger partial charge in [-0.1, -0.05) is 30.2 Å². The Kier molecular flexibility index (Phi) is 4.54. The number of hydrogen-bond donors (Lipinski definition) is 5. The Hall–Kier alpha value is -3.10. The van der Waals surface area contributed by atoms with Gasteiger partial charge in [0.15, 0.2) is 0 Å². The molecule has 0 unspecified atom stereocenters. The Balaban J connectivity index is 1.86. The maximum Gasteiger partial charge on any atom is 0.126 e. The first kappa shape index (κ1) is 17.7. The van der Waals surface area contributed by atoms with Crippen LogP contribution in [0.1, 0.15) is 42.0 Å². The van der Waals surface area contributed by atoms with Gasteiger partial charge in [0.1, 0.15) is 11.6 Å². The fourth-order valence-electron chi connectivity index (χ4n) is 3.28. The summed E-state index contributed by atoms with van der Waals surface area (Å²) < 4.78 is 0. The second kappa shape index (κ2) is 6.66. The normalized spacial score (nSPS) is 21.3. The Morgan fingerprint density at radius 3 is 2.38 bits per heavy atom. The minimum absolute atomic E-state index is 0.0445. The van der Waals surface area contributed by atoms with Gasteiger partial charge in [-0.25, -0.2) is 0 Å². The van der Waals surface area contributed by atoms with Gasteiger partial charge in [-0.15, -0.1) is 6.42 Å². The third kappa shape index (κ3) is 3.46. The van der Waals surface area contributed by atoms with Crippen LogP contribution >= 0.6 is 0 Å². The highest BCUT2D eigenvalue weighted by atomic mass is 16.3. The third-order valence-electron chi connectivity index (χ3n) is 4.62. The molecular formula is C21H21N3O2. The molecule has 1 aliphatic rings. The van der Waals surface area contributed by atoms with Crippen molar-refractivity contribution in [2.24, 2.45) is 0 Å². The van der Waals surface area contributed by atoms with Crippen LogP contribution in [-0.4, -0.2) is 33.4 Å². The van der Waals surface area contributed by atoms with Crippen molar-refractivity contribution in [3.05, 3.63) is 64.7 Å². The lowest BCUT2D eigenvalue weighted by Crippen LogP contribution is -2.53. The Bertz CT molecular complexity index is 917. The van der Waals surface area contributed by atoms with Gasteiger partial charge >= 0.3 is 0 Å². The van der Waals surface area contributed by atoms with Crippen molar-refractivity contribution in [1.82, 2.24) is 5.32 Å². The number of hydrogen-bond acceptors (Lipinski definition) is 4. The molecule has 3 rings (SSSR count). The fourth-order valence-corrected chi connectivity index (χ4v) is 3.28. The van der Waals surface area contributed by atoms with Gasteiger partial charge in [0.25, 0.3) is 0 Å². The van der Waals surface area contributed by atoms with Crippen LogP contribution in [0.3, 0.4) is 0 Å². The average molecular weight is 347 g/mol. The minimum Gasteiger partial charge on any atom is -0.507 e. The maximum atomic E-state index is 10.2. The smallest absolute Gasteiger partial charge is 0.126 e. The summed E-state index contributed by atoms with van der Waals surface area (Å²) in [5, 5.41) is 40.0. The van der Waals surface area contributed by atoms with Crippen LogP contribution in [0.5, 0.6) is 5.75 Å². The van der Waals surface area contributed by atoms with Crippen LogP contribution in [0.15, 0.2) is 42.5 Å². The topological polar surface area (TPSA) is 100 Å². The number of aliphatic hydroxyl groups is 1. The summed E-state index contributed by atoms with van der Waals surface area (Å²) in [6.07, 6.45) is 6.51. The van der Waals surface area contributed by atoms with Crippen molar-refractivity contribution in [1.29, 1.82) is 10.8 Å². The molecule has 5 nitrogen and oxygen atoms in total. The monoisotopic (exact) mass is 347 g/mol. The van der Waals surface area contributed by atoms with Gasteiger partial charge in [-0.3, -0.25) is 10.8 Å². The van der Waals surface area contributed by atoms with E-state index in [4.69, 9.17) is 17.2 Å². The van der Waals surface area contributed by atoms with Crippen LogP contribution in [0.25, 0.3) is 0 Å². The lowest BCUT2D eigenvalue weighted by atomic mass is 9.77. The molecule has 0 heterocycles. The molecule has 1 saturated carbocycles. The Labute approximate surface area is 152 Å². The van der Waals surface area contributed by atoms with E-state index >= 15 is 0 Å². The lowest BCUT2D eigenvalue weighted by Gasteiger charge is -2.41. The molecule has 0 aliphatic heterocycles. The molecule has 132 valence electrons. The Morgan fingerprint density at radius 2 is 1.81 bits per heavy atom. The maximum absolute atomic E-state index is 10.2. The number of phenols is 1. The predicted octanol–water partition coefficient (Wildman–Crippen LogP) is 2.62. The van der Waals surface area contributed by atoms with E-state index in [0.29, 0.717) is 35.1 Å². The zero-order valence-corrected chi connectivity index (χ0v) is 14.5. The van der Waals surface area contributed by atoms with E-state index in [1.54, 1.807) is 43.3 Å². The quantitative estimate of drug-likeness (QED) is 0.334. The first-order valence-corrected chi connectivity index (χ1v) is 8.36. The predicted molar refractivity (Wildman–Crippen MR) is 102 cm³/mol. The molecule has 0 spiro atoms. The SMILES string of the molecule is C#Cc1ccc(C(=N)c2ccccc2C(=N)N[C@H]2C[C@@](C)(O)C2)c(O)c1. The van der Waals surface area contributed by atoms with Crippen molar-refractivity contribution in [2.75, 3.05) is 0 Å². The fraction of sp³-hybridized carbons (Fsp3) is 0.238. The molecule has 0 saturated heterocycles. The first-order chi connectivity index (χ1) is 12.3. The average Bonchev–Trinajstić information content (AvgIpc) is 2.59. The summed E-state index contributed by atoms with van der Waals surface area (Å²) in [7, 11) is 0. The van der Waals surface area contributed by atoms with Crippen LogP contribution < -0.4 is 5.32 Å². The van der Waals surface area contributed by atoms with Gasteiger partial charge < -0.3 is 15.5 Å². The summed E-state index contributed by atoms with van der Waals surface area (Å²) in [5.74, 6) is 2.59. The van der Waals surface area contributed by atoms with Crippen molar-refractivity contribution in [3.8, 4) is 18.1 Å². The number of benzene rings is 2. The molecule has 26 heavy (non-hydrogen) atoms. The summed E-state index contributed by atoms with van der Waals surface area (Å²) in [6.45, 7) is 1.78. The highest BCUT2D eigenvalue weighted by Crippen LogP contribution is 2.31. The van der Waals surface area contributed by atoms with Crippen molar-refractivity contribution < 1.29 is 10.2 Å². The summed E-state index contributed by atoms with van der Waals surface area (Å²) >= 11 is 0. The van der Waals surface area contributed by atoms with E-state index in [0.717, 1.165) is 0 Å². The van der Waals surface area contributed by atoms with E-state index in [1.807, 2.05) is 0 Å². The highest BCUT2D eigenvalue weighted by Gasteiger charge is 2.38. The molecule has 0 bridgehead atoms. The molecule has 5 heteroatoms. The second-order valence-electron chi connectivity index (χ2n) is 6.92. The van der Waals surface area contributed by atoms with Crippen molar-refractivity contribution in [2.45, 2.75) is 31.4 Å². The van der Waals surface area contributed by atoms with E-state index in [9.17, 15) is 10.2 Å². The third-order valence-corrected chi connectivity index (χ3v) is 4.62. The molecule has 0 aromatic heterocycles. The summed E-state index contributed by atoms with van der Waals surface area (Å²) in [5.41, 5.74) is 1.46. The molecule has 5 N–H and O–H groups in total. The number of amidine groups is 1. The van der Waals surface area contributed by atoms with Crippen LogP contribution in [0, 0.1) is 23.2 Å². The van der Waals surface area contributed by atoms with E-state index in [1.165, 1.54) is 6.07 Å². The van der Waals surface area contributed by atoms with Gasteiger partial charge in [0, 0.05) is 28.3 Å². The molecule has 0 radical (unpaired) electrons. The molecule has 1 aliphatic carbocycles. The van der Waals surface area contributed by atoms with Gasteiger partial charge in [-0.05, 0) is 38.0 Å². The minimum atomic E-state index is -0.672. The highest BCUT2D eigenvalue weighted by molar-refractivity contribution is 6.18. The number of phenolic OH excluding ortho intramolecular Hbond substituents is 1. The molecule has 1 fully saturated rings. The van der Waals surface area contributed by atoms with E-state index in [2.05, 4.69) is 11.2 Å². The number of aromatic hydroxyl groups is 1. The zero-order chi connectivity index (χ0) is 18.9. The largest absolute Gasteiger partial charge is 0.507 e. The summed E-state index contributed by atoms with van der Waals surface area (Å²) in [4.78, 5) is 0. The van der Waals surface area contributed by atoms with Gasteiger partial charge in [-0.2, -0.15) is 0 Å². The molecule has 0 atom stereocenters. The van der Waals surface area contributed by atoms with Crippen LogP contribution in [-0.2, 0) is 0 Å².